The van der Waals surface area contributed by atoms with Crippen LogP contribution < -0.4 is 10.2 Å². The van der Waals surface area contributed by atoms with Crippen molar-refractivity contribution in [3.05, 3.63) is 30.0 Å². The van der Waals surface area contributed by atoms with E-state index in [1.54, 1.807) is 0 Å². The molecule has 1 aliphatic rings. The molecule has 2 heterocycles. The fourth-order valence-corrected chi connectivity index (χ4v) is 3.11. The van der Waals surface area contributed by atoms with Crippen LogP contribution in [0.5, 0.6) is 0 Å². The summed E-state index contributed by atoms with van der Waals surface area (Å²) < 4.78 is 0. The third-order valence-corrected chi connectivity index (χ3v) is 4.46. The molecule has 4 heteroatoms. The Kier molecular flexibility index (Phi) is 4.06. The number of para-hydroxylation sites is 2. The Bertz CT molecular complexity index is 625. The molecule has 1 fully saturated rings. The van der Waals surface area contributed by atoms with Crippen molar-refractivity contribution in [1.82, 2.24) is 15.3 Å². The second kappa shape index (κ2) is 5.98. The van der Waals surface area contributed by atoms with Gasteiger partial charge >= 0.3 is 0 Å². The van der Waals surface area contributed by atoms with Crippen LogP contribution in [0.15, 0.2) is 24.3 Å². The van der Waals surface area contributed by atoms with E-state index in [4.69, 9.17) is 9.97 Å². The minimum atomic E-state index is 0.502. The zero-order valence-corrected chi connectivity index (χ0v) is 13.1. The average molecular weight is 284 g/mol. The molecule has 0 bridgehead atoms. The van der Waals surface area contributed by atoms with E-state index in [9.17, 15) is 0 Å². The Morgan fingerprint density at radius 1 is 1.14 bits per heavy atom. The monoisotopic (exact) mass is 284 g/mol. The zero-order chi connectivity index (χ0) is 14.8. The molecule has 2 atom stereocenters. The number of nitrogens with zero attached hydrogens (tertiary/aromatic N) is 3. The zero-order valence-electron chi connectivity index (χ0n) is 13.1. The van der Waals surface area contributed by atoms with Gasteiger partial charge in [-0.1, -0.05) is 26.0 Å². The van der Waals surface area contributed by atoms with Crippen molar-refractivity contribution < 1.29 is 0 Å². The molecule has 0 spiro atoms. The summed E-state index contributed by atoms with van der Waals surface area (Å²) in [6, 6.07) is 9.17. The van der Waals surface area contributed by atoms with Gasteiger partial charge in [0.2, 0.25) is 0 Å². The minimum absolute atomic E-state index is 0.502. The lowest BCUT2D eigenvalue weighted by Crippen LogP contribution is -2.56. The Hall–Kier alpha value is -1.68. The van der Waals surface area contributed by atoms with Gasteiger partial charge in [-0.05, 0) is 31.9 Å². The van der Waals surface area contributed by atoms with Crippen LogP contribution in [0, 0.1) is 6.92 Å². The summed E-state index contributed by atoms with van der Waals surface area (Å²) in [6.45, 7) is 8.60. The summed E-state index contributed by atoms with van der Waals surface area (Å²) in [6.07, 6.45) is 2.27. The number of aryl methyl sites for hydroxylation is 1. The molecule has 1 N–H and O–H groups in total. The Balaban J connectivity index is 2.02. The van der Waals surface area contributed by atoms with E-state index in [1.807, 2.05) is 24.3 Å². The van der Waals surface area contributed by atoms with Gasteiger partial charge in [-0.15, -0.1) is 0 Å². The number of hydrogen-bond acceptors (Lipinski definition) is 4. The molecule has 1 aliphatic heterocycles. The predicted molar refractivity (Wildman–Crippen MR) is 87.8 cm³/mol. The first kappa shape index (κ1) is 14.3. The van der Waals surface area contributed by atoms with Crippen molar-refractivity contribution in [3.63, 3.8) is 0 Å². The standard InChI is InChI=1S/C17H24N4/c1-4-13-11-21(14(5-2)10-18-13)17-12(3)19-15-8-6-7-9-16(15)20-17/h6-9,13-14,18H,4-5,10-11H2,1-3H3. The maximum atomic E-state index is 4.90. The SMILES string of the molecule is CCC1CN(c2nc3ccccc3nc2C)C(CC)CN1. The minimum Gasteiger partial charge on any atom is -0.349 e. The molecule has 0 aliphatic carbocycles. The van der Waals surface area contributed by atoms with E-state index in [1.165, 1.54) is 0 Å². The number of hydrogen-bond donors (Lipinski definition) is 1. The van der Waals surface area contributed by atoms with E-state index in [0.717, 1.165) is 48.5 Å². The quantitative estimate of drug-likeness (QED) is 0.941. The van der Waals surface area contributed by atoms with Gasteiger partial charge in [0.1, 0.15) is 0 Å². The van der Waals surface area contributed by atoms with E-state index < -0.39 is 0 Å². The topological polar surface area (TPSA) is 41.1 Å². The highest BCUT2D eigenvalue weighted by molar-refractivity contribution is 5.76. The van der Waals surface area contributed by atoms with Crippen LogP contribution >= 0.6 is 0 Å². The molecule has 2 aromatic rings. The summed E-state index contributed by atoms with van der Waals surface area (Å²) in [4.78, 5) is 12.1. The van der Waals surface area contributed by atoms with E-state index >= 15 is 0 Å². The highest BCUT2D eigenvalue weighted by Gasteiger charge is 2.28. The summed E-state index contributed by atoms with van der Waals surface area (Å²) in [7, 11) is 0. The van der Waals surface area contributed by atoms with Gasteiger partial charge in [-0.25, -0.2) is 9.97 Å². The number of piperazine rings is 1. The first-order valence-corrected chi connectivity index (χ1v) is 7.96. The highest BCUT2D eigenvalue weighted by atomic mass is 15.3. The number of fused-ring (bicyclic) bond motifs is 1. The van der Waals surface area contributed by atoms with Crippen LogP contribution in [-0.4, -0.2) is 35.1 Å². The van der Waals surface area contributed by atoms with Crippen molar-refractivity contribution in [2.24, 2.45) is 0 Å². The number of aromatic nitrogens is 2. The number of anilines is 1. The van der Waals surface area contributed by atoms with E-state index in [0.29, 0.717) is 12.1 Å². The molecule has 0 radical (unpaired) electrons. The van der Waals surface area contributed by atoms with Crippen LogP contribution in [0.4, 0.5) is 5.82 Å². The molecule has 1 aromatic heterocycles. The lowest BCUT2D eigenvalue weighted by Gasteiger charge is -2.41. The summed E-state index contributed by atoms with van der Waals surface area (Å²) in [5.74, 6) is 1.06. The summed E-state index contributed by atoms with van der Waals surface area (Å²) >= 11 is 0. The maximum absolute atomic E-state index is 4.90. The van der Waals surface area contributed by atoms with Gasteiger partial charge in [0.25, 0.3) is 0 Å². The number of nitrogens with one attached hydrogen (secondary N) is 1. The molecule has 21 heavy (non-hydrogen) atoms. The largest absolute Gasteiger partial charge is 0.349 e. The molecule has 4 nitrogen and oxygen atoms in total. The molecule has 1 aromatic carbocycles. The second-order valence-electron chi connectivity index (χ2n) is 5.85. The third-order valence-electron chi connectivity index (χ3n) is 4.46. The van der Waals surface area contributed by atoms with Gasteiger partial charge in [-0.2, -0.15) is 0 Å². The van der Waals surface area contributed by atoms with E-state index in [2.05, 4.69) is 31.0 Å². The average Bonchev–Trinajstić information content (AvgIpc) is 2.53. The third kappa shape index (κ3) is 2.72. The molecule has 112 valence electrons. The fraction of sp³-hybridized carbons (Fsp3) is 0.529. The van der Waals surface area contributed by atoms with Crippen LogP contribution in [-0.2, 0) is 0 Å². The fourth-order valence-electron chi connectivity index (χ4n) is 3.11. The molecular weight excluding hydrogens is 260 g/mol. The van der Waals surface area contributed by atoms with Gasteiger partial charge < -0.3 is 10.2 Å². The Labute approximate surface area is 126 Å². The first-order chi connectivity index (χ1) is 10.2. The van der Waals surface area contributed by atoms with Crippen LogP contribution in [0.3, 0.4) is 0 Å². The summed E-state index contributed by atoms with van der Waals surface area (Å²) in [5, 5.41) is 3.64. The molecule has 2 unspecified atom stereocenters. The maximum Gasteiger partial charge on any atom is 0.151 e. The number of rotatable bonds is 3. The Morgan fingerprint density at radius 2 is 1.86 bits per heavy atom. The van der Waals surface area contributed by atoms with Crippen molar-refractivity contribution in [2.45, 2.75) is 45.7 Å². The molecule has 3 rings (SSSR count). The normalized spacial score (nSPS) is 22.7. The van der Waals surface area contributed by atoms with Gasteiger partial charge in [0, 0.05) is 25.2 Å². The molecule has 1 saturated heterocycles. The highest BCUT2D eigenvalue weighted by Crippen LogP contribution is 2.25. The van der Waals surface area contributed by atoms with Gasteiger partial charge in [-0.3, -0.25) is 0 Å². The smallest absolute Gasteiger partial charge is 0.151 e. The van der Waals surface area contributed by atoms with Crippen molar-refractivity contribution in [1.29, 1.82) is 0 Å². The lowest BCUT2D eigenvalue weighted by molar-refractivity contribution is 0.376. The second-order valence-corrected chi connectivity index (χ2v) is 5.85. The van der Waals surface area contributed by atoms with Crippen molar-refractivity contribution in [3.8, 4) is 0 Å². The van der Waals surface area contributed by atoms with Crippen molar-refractivity contribution >= 4 is 16.9 Å². The Morgan fingerprint density at radius 3 is 2.52 bits per heavy atom. The predicted octanol–water partition coefficient (Wildman–Crippen LogP) is 2.91. The number of benzene rings is 1. The molecule has 0 saturated carbocycles. The van der Waals surface area contributed by atoms with E-state index in [-0.39, 0.29) is 0 Å². The molecular formula is C17H24N4. The van der Waals surface area contributed by atoms with Crippen LogP contribution in [0.25, 0.3) is 11.0 Å². The van der Waals surface area contributed by atoms with Gasteiger partial charge in [0.05, 0.1) is 16.7 Å². The summed E-state index contributed by atoms with van der Waals surface area (Å²) in [5.41, 5.74) is 3.00. The van der Waals surface area contributed by atoms with Crippen molar-refractivity contribution in [2.75, 3.05) is 18.0 Å². The van der Waals surface area contributed by atoms with Gasteiger partial charge in [0.15, 0.2) is 5.82 Å². The lowest BCUT2D eigenvalue weighted by atomic mass is 10.0. The van der Waals surface area contributed by atoms with Crippen LogP contribution in [0.2, 0.25) is 0 Å². The first-order valence-electron chi connectivity index (χ1n) is 7.96. The molecule has 0 amide bonds. The van der Waals surface area contributed by atoms with Crippen LogP contribution in [0.1, 0.15) is 32.4 Å².